The lowest BCUT2D eigenvalue weighted by Crippen LogP contribution is -2.46. The monoisotopic (exact) mass is 525 g/mol. The first kappa shape index (κ1) is 28.6. The van der Waals surface area contributed by atoms with Crippen LogP contribution in [0.15, 0.2) is 89.9 Å². The van der Waals surface area contributed by atoms with Crippen LogP contribution in [0.25, 0.3) is 0 Å². The van der Waals surface area contributed by atoms with E-state index in [2.05, 4.69) is 5.32 Å². The molecule has 2 N–H and O–H groups in total. The molecule has 3 aromatic rings. The highest BCUT2D eigenvalue weighted by Crippen LogP contribution is 2.27. The molecule has 6 nitrogen and oxygen atoms in total. The number of rotatable bonds is 6. The van der Waals surface area contributed by atoms with Crippen molar-refractivity contribution in [3.05, 3.63) is 102 Å². The Balaban J connectivity index is 0.000000599. The molecule has 0 saturated heterocycles. The molecule has 0 aromatic heterocycles. The molecule has 1 aliphatic heterocycles. The van der Waals surface area contributed by atoms with Crippen molar-refractivity contribution in [2.24, 2.45) is 4.99 Å². The maximum Gasteiger partial charge on any atom is 0.388 e. The molecule has 0 spiro atoms. The Morgan fingerprint density at radius 1 is 1.00 bits per heavy atom. The van der Waals surface area contributed by atoms with E-state index >= 15 is 0 Å². The second kappa shape index (κ2) is 13.0. The zero-order valence-electron chi connectivity index (χ0n) is 21.2. The first-order chi connectivity index (χ1) is 18.1. The number of benzodiazepines with no additional fused rings is 1. The average molecular weight is 526 g/mol. The molecule has 0 bridgehead atoms. The van der Waals surface area contributed by atoms with Gasteiger partial charge >= 0.3 is 6.18 Å². The topological polar surface area (TPSA) is 82.0 Å². The lowest BCUT2D eigenvalue weighted by molar-refractivity contribution is -0.130. The Kier molecular flexibility index (Phi) is 9.78. The van der Waals surface area contributed by atoms with Crippen molar-refractivity contribution < 1.29 is 27.9 Å². The zero-order valence-corrected chi connectivity index (χ0v) is 21.2. The van der Waals surface area contributed by atoms with Gasteiger partial charge in [0.2, 0.25) is 12.1 Å². The number of hydrogen-bond donors (Lipinski definition) is 2. The lowest BCUT2D eigenvalue weighted by atomic mass is 9.96. The van der Waals surface area contributed by atoms with Crippen LogP contribution in [-0.4, -0.2) is 48.6 Å². The number of alkyl halides is 3. The quantitative estimate of drug-likeness (QED) is 0.472. The molecule has 200 valence electrons. The SMILES string of the molecule is CCC(F)(F)F.CN1C(=O)C(NC(=O)CC(CO)c2ccccc2)N=C(c2ccccc2)c2ccccc21. The summed E-state index contributed by atoms with van der Waals surface area (Å²) in [4.78, 5) is 32.3. The maximum atomic E-state index is 13.2. The number of halogens is 3. The maximum absolute atomic E-state index is 13.2. The normalized spacial score (nSPS) is 15.8. The van der Waals surface area contributed by atoms with Gasteiger partial charge in [-0.05, 0) is 11.6 Å². The van der Waals surface area contributed by atoms with E-state index in [9.17, 15) is 27.9 Å². The van der Waals surface area contributed by atoms with E-state index in [0.717, 1.165) is 29.3 Å². The van der Waals surface area contributed by atoms with Crippen molar-refractivity contribution in [3.8, 4) is 0 Å². The highest BCUT2D eigenvalue weighted by molar-refractivity contribution is 6.20. The number of aliphatic hydroxyl groups is 1. The van der Waals surface area contributed by atoms with Crippen molar-refractivity contribution in [2.75, 3.05) is 18.6 Å². The summed E-state index contributed by atoms with van der Waals surface area (Å²) in [5.41, 5.74) is 3.93. The van der Waals surface area contributed by atoms with Crippen LogP contribution >= 0.6 is 0 Å². The Bertz CT molecular complexity index is 1250. The summed E-state index contributed by atoms with van der Waals surface area (Å²) in [6.07, 6.45) is -5.70. The molecule has 0 radical (unpaired) electrons. The number of anilines is 1. The number of nitrogens with zero attached hydrogens (tertiary/aromatic N) is 2. The van der Waals surface area contributed by atoms with Gasteiger partial charge in [0.25, 0.3) is 5.91 Å². The predicted octanol–water partition coefficient (Wildman–Crippen LogP) is 5.07. The molecule has 0 saturated carbocycles. The molecule has 38 heavy (non-hydrogen) atoms. The summed E-state index contributed by atoms with van der Waals surface area (Å²) >= 11 is 0. The molecular formula is C29H30F3N3O3. The fraction of sp³-hybridized carbons (Fsp3) is 0.276. The Hall–Kier alpha value is -3.98. The van der Waals surface area contributed by atoms with Crippen LogP contribution in [0, 0.1) is 0 Å². The summed E-state index contributed by atoms with van der Waals surface area (Å²) in [5, 5.41) is 12.6. The number of aliphatic hydroxyl groups excluding tert-OH is 1. The van der Waals surface area contributed by atoms with Crippen LogP contribution in [0.3, 0.4) is 0 Å². The van der Waals surface area contributed by atoms with Gasteiger partial charge in [-0.1, -0.05) is 85.8 Å². The number of fused-ring (bicyclic) bond motifs is 1. The van der Waals surface area contributed by atoms with Gasteiger partial charge in [-0.15, -0.1) is 0 Å². The molecule has 9 heteroatoms. The van der Waals surface area contributed by atoms with Crippen molar-refractivity contribution in [2.45, 2.75) is 38.0 Å². The summed E-state index contributed by atoms with van der Waals surface area (Å²) < 4.78 is 32.4. The standard InChI is InChI=1S/C26H25N3O3.C3H5F3/c1-29-22-15-9-8-14-21(22)24(19-12-6-3-7-13-19)28-25(26(29)32)27-23(31)16-20(17-30)18-10-4-2-5-11-18;1-2-3(4,5)6/h2-15,20,25,30H,16-17H2,1H3,(H,27,31);2H2,1H3. The number of benzene rings is 3. The van der Waals surface area contributed by atoms with E-state index in [-0.39, 0.29) is 30.8 Å². The van der Waals surface area contributed by atoms with Crippen LogP contribution in [0.4, 0.5) is 18.9 Å². The van der Waals surface area contributed by atoms with Gasteiger partial charge in [-0.2, -0.15) is 13.2 Å². The average Bonchev–Trinajstić information content (AvgIpc) is 3.03. The van der Waals surface area contributed by atoms with Crippen molar-refractivity contribution in [3.63, 3.8) is 0 Å². The highest BCUT2D eigenvalue weighted by atomic mass is 19.4. The summed E-state index contributed by atoms with van der Waals surface area (Å²) in [6, 6.07) is 26.5. The number of carbonyl (C=O) groups is 2. The molecule has 2 amide bonds. The third-order valence-corrected chi connectivity index (χ3v) is 6.01. The van der Waals surface area contributed by atoms with Crippen LogP contribution in [-0.2, 0) is 9.59 Å². The van der Waals surface area contributed by atoms with E-state index in [1.807, 2.05) is 84.9 Å². The van der Waals surface area contributed by atoms with Gasteiger partial charge in [0, 0.05) is 36.9 Å². The van der Waals surface area contributed by atoms with E-state index in [0.29, 0.717) is 5.71 Å². The molecule has 0 aliphatic carbocycles. The van der Waals surface area contributed by atoms with E-state index < -0.39 is 18.8 Å². The fourth-order valence-electron chi connectivity index (χ4n) is 3.89. The van der Waals surface area contributed by atoms with Gasteiger partial charge < -0.3 is 15.3 Å². The summed E-state index contributed by atoms with van der Waals surface area (Å²) in [6.45, 7) is 0.917. The largest absolute Gasteiger partial charge is 0.396 e. The predicted molar refractivity (Wildman–Crippen MR) is 141 cm³/mol. The minimum Gasteiger partial charge on any atom is -0.396 e. The third kappa shape index (κ3) is 7.52. The molecule has 1 aliphatic rings. The number of amides is 2. The Labute approximate surface area is 219 Å². The summed E-state index contributed by atoms with van der Waals surface area (Å²) in [5.74, 6) is -1.02. The van der Waals surface area contributed by atoms with Crippen LogP contribution in [0.5, 0.6) is 0 Å². The van der Waals surface area contributed by atoms with Crippen molar-refractivity contribution in [1.29, 1.82) is 0 Å². The second-order valence-corrected chi connectivity index (χ2v) is 8.69. The number of hydrogen-bond acceptors (Lipinski definition) is 4. The fourth-order valence-corrected chi connectivity index (χ4v) is 3.89. The van der Waals surface area contributed by atoms with Gasteiger partial charge in [0.05, 0.1) is 18.0 Å². The van der Waals surface area contributed by atoms with Gasteiger partial charge in [-0.3, -0.25) is 9.59 Å². The smallest absolute Gasteiger partial charge is 0.388 e. The molecule has 2 unspecified atom stereocenters. The lowest BCUT2D eigenvalue weighted by Gasteiger charge is -2.21. The van der Waals surface area contributed by atoms with E-state index in [1.54, 1.807) is 7.05 Å². The molecule has 3 aromatic carbocycles. The third-order valence-electron chi connectivity index (χ3n) is 6.01. The summed E-state index contributed by atoms with van der Waals surface area (Å²) in [7, 11) is 1.68. The first-order valence-corrected chi connectivity index (χ1v) is 12.2. The van der Waals surface area contributed by atoms with Gasteiger partial charge in [0.15, 0.2) is 0 Å². The van der Waals surface area contributed by atoms with Crippen molar-refractivity contribution >= 4 is 23.2 Å². The molecule has 1 heterocycles. The number of carbonyl (C=O) groups excluding carboxylic acids is 2. The van der Waals surface area contributed by atoms with Crippen LogP contribution < -0.4 is 10.2 Å². The van der Waals surface area contributed by atoms with Crippen LogP contribution in [0.1, 0.15) is 42.4 Å². The molecule has 0 fully saturated rings. The van der Waals surface area contributed by atoms with Crippen LogP contribution in [0.2, 0.25) is 0 Å². The first-order valence-electron chi connectivity index (χ1n) is 12.2. The molecule has 4 rings (SSSR count). The minimum absolute atomic E-state index is 0.0527. The Morgan fingerprint density at radius 2 is 1.55 bits per heavy atom. The highest BCUT2D eigenvalue weighted by Gasteiger charge is 2.31. The Morgan fingerprint density at radius 3 is 2.13 bits per heavy atom. The van der Waals surface area contributed by atoms with Crippen molar-refractivity contribution in [1.82, 2.24) is 5.32 Å². The second-order valence-electron chi connectivity index (χ2n) is 8.69. The number of aliphatic imine (C=N–C) groups is 1. The van der Waals surface area contributed by atoms with E-state index in [4.69, 9.17) is 4.99 Å². The number of para-hydroxylation sites is 1. The van der Waals surface area contributed by atoms with Gasteiger partial charge in [0.1, 0.15) is 0 Å². The minimum atomic E-state index is -3.96. The number of likely N-dealkylation sites (N-methyl/N-ethyl adjacent to an activating group) is 1. The molecular weight excluding hydrogens is 495 g/mol. The zero-order chi connectivity index (χ0) is 27.7. The molecule has 2 atom stereocenters. The number of nitrogens with one attached hydrogen (secondary N) is 1. The van der Waals surface area contributed by atoms with E-state index in [1.165, 1.54) is 4.90 Å². The van der Waals surface area contributed by atoms with Gasteiger partial charge in [-0.25, -0.2) is 4.99 Å².